The van der Waals surface area contributed by atoms with Crippen molar-refractivity contribution in [2.75, 3.05) is 11.9 Å². The molecule has 3 aliphatic rings. The first kappa shape index (κ1) is 13.6. The minimum atomic E-state index is -0.258. The Hall–Kier alpha value is -2.04. The van der Waals surface area contributed by atoms with Crippen molar-refractivity contribution >= 4 is 17.6 Å². The van der Waals surface area contributed by atoms with Crippen LogP contribution in [0.5, 0.6) is 5.75 Å². The molecule has 1 saturated heterocycles. The standard InChI is InChI=1S/C17H19NO4/c1-2-21-12-6-4-3-5-11(12)18-16(19)14-9-7-10-13(8-9)22-17(20)15(10)14/h3-6,9-10,13-15H,2,7-8H2,1H3,(H,18,19)/t9-,10+,13-,14-,15+/m1/s1. The minimum absolute atomic E-state index is 0.0576. The van der Waals surface area contributed by atoms with Gasteiger partial charge in [-0.25, -0.2) is 0 Å². The lowest BCUT2D eigenvalue weighted by Crippen LogP contribution is -2.35. The normalized spacial score (nSPS) is 34.6. The van der Waals surface area contributed by atoms with Gasteiger partial charge in [-0.15, -0.1) is 0 Å². The number of carbonyl (C=O) groups excluding carboxylic acids is 2. The van der Waals surface area contributed by atoms with Gasteiger partial charge < -0.3 is 14.8 Å². The first-order valence-electron chi connectivity index (χ1n) is 7.92. The number of carbonyl (C=O) groups is 2. The lowest BCUT2D eigenvalue weighted by atomic mass is 9.79. The molecule has 22 heavy (non-hydrogen) atoms. The molecule has 3 fully saturated rings. The van der Waals surface area contributed by atoms with Crippen LogP contribution in [0, 0.1) is 23.7 Å². The second kappa shape index (κ2) is 5.00. The minimum Gasteiger partial charge on any atom is -0.492 e. The number of amides is 1. The summed E-state index contributed by atoms with van der Waals surface area (Å²) in [5.74, 6) is 0.401. The van der Waals surface area contributed by atoms with Crippen LogP contribution < -0.4 is 10.1 Å². The van der Waals surface area contributed by atoms with E-state index in [2.05, 4.69) is 5.32 Å². The molecule has 0 unspecified atom stereocenters. The van der Waals surface area contributed by atoms with E-state index in [0.717, 1.165) is 12.8 Å². The molecule has 1 aromatic carbocycles. The zero-order valence-corrected chi connectivity index (χ0v) is 12.5. The number of anilines is 1. The molecule has 0 aromatic heterocycles. The van der Waals surface area contributed by atoms with Gasteiger partial charge in [0, 0.05) is 5.92 Å². The highest BCUT2D eigenvalue weighted by atomic mass is 16.6. The number of para-hydroxylation sites is 2. The summed E-state index contributed by atoms with van der Waals surface area (Å²) < 4.78 is 10.9. The van der Waals surface area contributed by atoms with Gasteiger partial charge in [-0.3, -0.25) is 9.59 Å². The summed E-state index contributed by atoms with van der Waals surface area (Å²) in [4.78, 5) is 24.7. The molecule has 2 aliphatic carbocycles. The summed E-state index contributed by atoms with van der Waals surface area (Å²) in [5, 5.41) is 2.95. The Bertz CT molecular complexity index is 627. The first-order valence-corrected chi connectivity index (χ1v) is 7.92. The van der Waals surface area contributed by atoms with Gasteiger partial charge in [-0.05, 0) is 37.8 Å². The Labute approximate surface area is 129 Å². The largest absolute Gasteiger partial charge is 0.492 e. The molecule has 5 atom stereocenters. The van der Waals surface area contributed by atoms with Crippen LogP contribution in [0.2, 0.25) is 0 Å². The van der Waals surface area contributed by atoms with E-state index in [9.17, 15) is 9.59 Å². The molecule has 1 heterocycles. The number of nitrogens with one attached hydrogen (secondary N) is 1. The quantitative estimate of drug-likeness (QED) is 0.866. The van der Waals surface area contributed by atoms with Crippen molar-refractivity contribution in [3.63, 3.8) is 0 Å². The summed E-state index contributed by atoms with van der Waals surface area (Å²) in [7, 11) is 0. The van der Waals surface area contributed by atoms with Crippen LogP contribution in [-0.4, -0.2) is 24.6 Å². The van der Waals surface area contributed by atoms with Gasteiger partial charge in [0.1, 0.15) is 11.9 Å². The van der Waals surface area contributed by atoms with E-state index in [1.165, 1.54) is 0 Å². The topological polar surface area (TPSA) is 64.6 Å². The number of hydrogen-bond donors (Lipinski definition) is 1. The Morgan fingerprint density at radius 1 is 1.36 bits per heavy atom. The van der Waals surface area contributed by atoms with Crippen LogP contribution in [0.1, 0.15) is 19.8 Å². The van der Waals surface area contributed by atoms with Crippen molar-refractivity contribution in [2.24, 2.45) is 23.7 Å². The molecule has 1 amide bonds. The highest BCUT2D eigenvalue weighted by molar-refractivity contribution is 5.97. The third kappa shape index (κ3) is 1.91. The van der Waals surface area contributed by atoms with Crippen LogP contribution in [-0.2, 0) is 14.3 Å². The third-order valence-corrected chi connectivity index (χ3v) is 5.23. The molecule has 5 nitrogen and oxygen atoms in total. The number of hydrogen-bond acceptors (Lipinski definition) is 4. The highest BCUT2D eigenvalue weighted by Crippen LogP contribution is 2.57. The Balaban J connectivity index is 1.55. The van der Waals surface area contributed by atoms with Gasteiger partial charge in [0.2, 0.25) is 5.91 Å². The van der Waals surface area contributed by atoms with Crippen LogP contribution in [0.3, 0.4) is 0 Å². The fourth-order valence-electron chi connectivity index (χ4n) is 4.43. The van der Waals surface area contributed by atoms with E-state index < -0.39 is 0 Å². The van der Waals surface area contributed by atoms with Gasteiger partial charge in [-0.1, -0.05) is 12.1 Å². The monoisotopic (exact) mass is 301 g/mol. The SMILES string of the molecule is CCOc1ccccc1NC(=O)[C@@H]1[C@@H]2C[C@@H]3[C@@H]1C(=O)O[C@@H]3C2. The Kier molecular flexibility index (Phi) is 3.10. The molecule has 1 N–H and O–H groups in total. The molecule has 0 spiro atoms. The maximum atomic E-state index is 12.7. The second-order valence-corrected chi connectivity index (χ2v) is 6.34. The number of ether oxygens (including phenoxy) is 2. The summed E-state index contributed by atoms with van der Waals surface area (Å²) >= 11 is 0. The molecular weight excluding hydrogens is 282 g/mol. The van der Waals surface area contributed by atoms with Crippen molar-refractivity contribution in [3.8, 4) is 5.75 Å². The average Bonchev–Trinajstić information content (AvgIpc) is 3.11. The summed E-state index contributed by atoms with van der Waals surface area (Å²) in [6, 6.07) is 7.39. The van der Waals surface area contributed by atoms with Gasteiger partial charge in [0.25, 0.3) is 0 Å². The lowest BCUT2D eigenvalue weighted by molar-refractivity contribution is -0.145. The van der Waals surface area contributed by atoms with Crippen LogP contribution in [0.15, 0.2) is 24.3 Å². The van der Waals surface area contributed by atoms with E-state index >= 15 is 0 Å². The zero-order valence-electron chi connectivity index (χ0n) is 12.5. The molecule has 4 rings (SSSR count). The van der Waals surface area contributed by atoms with Crippen molar-refractivity contribution in [1.29, 1.82) is 0 Å². The fraction of sp³-hybridized carbons (Fsp3) is 0.529. The van der Waals surface area contributed by atoms with Crippen LogP contribution in [0.4, 0.5) is 5.69 Å². The average molecular weight is 301 g/mol. The van der Waals surface area contributed by atoms with Crippen molar-refractivity contribution in [1.82, 2.24) is 0 Å². The molecule has 116 valence electrons. The number of rotatable bonds is 4. The number of esters is 1. The first-order chi connectivity index (χ1) is 10.7. The maximum absolute atomic E-state index is 12.7. The van der Waals surface area contributed by atoms with Crippen LogP contribution in [0.25, 0.3) is 0 Å². The van der Waals surface area contributed by atoms with Crippen molar-refractivity contribution < 1.29 is 19.1 Å². The second-order valence-electron chi connectivity index (χ2n) is 6.34. The summed E-state index contributed by atoms with van der Waals surface area (Å²) in [6.45, 7) is 2.45. The third-order valence-electron chi connectivity index (χ3n) is 5.23. The molecule has 2 bridgehead atoms. The van der Waals surface area contributed by atoms with Crippen molar-refractivity contribution in [2.45, 2.75) is 25.9 Å². The predicted molar refractivity (Wildman–Crippen MR) is 79.3 cm³/mol. The van der Waals surface area contributed by atoms with Gasteiger partial charge in [-0.2, -0.15) is 0 Å². The summed E-state index contributed by atoms with van der Waals surface area (Å²) in [5.41, 5.74) is 0.667. The molecule has 2 saturated carbocycles. The fourth-order valence-corrected chi connectivity index (χ4v) is 4.43. The van der Waals surface area contributed by atoms with Gasteiger partial charge in [0.15, 0.2) is 0 Å². The molecule has 0 radical (unpaired) electrons. The van der Waals surface area contributed by atoms with Gasteiger partial charge in [0.05, 0.1) is 24.1 Å². The Morgan fingerprint density at radius 3 is 3.00 bits per heavy atom. The number of benzene rings is 1. The van der Waals surface area contributed by atoms with E-state index in [1.807, 2.05) is 31.2 Å². The molecule has 1 aromatic rings. The molecular formula is C17H19NO4. The zero-order chi connectivity index (χ0) is 15.3. The van der Waals surface area contributed by atoms with Crippen LogP contribution >= 0.6 is 0 Å². The van der Waals surface area contributed by atoms with Crippen molar-refractivity contribution in [3.05, 3.63) is 24.3 Å². The summed E-state index contributed by atoms with van der Waals surface area (Å²) in [6.07, 6.45) is 1.83. The Morgan fingerprint density at radius 2 is 2.18 bits per heavy atom. The molecule has 1 aliphatic heterocycles. The maximum Gasteiger partial charge on any atom is 0.310 e. The highest BCUT2D eigenvalue weighted by Gasteiger charge is 2.63. The smallest absolute Gasteiger partial charge is 0.310 e. The predicted octanol–water partition coefficient (Wildman–Crippen LogP) is 2.22. The number of fused-ring (bicyclic) bond motifs is 1. The van der Waals surface area contributed by atoms with E-state index in [1.54, 1.807) is 0 Å². The molecule has 5 heteroatoms. The van der Waals surface area contributed by atoms with Gasteiger partial charge >= 0.3 is 5.97 Å². The van der Waals surface area contributed by atoms with E-state index in [0.29, 0.717) is 18.0 Å². The van der Waals surface area contributed by atoms with E-state index in [4.69, 9.17) is 9.47 Å². The lowest BCUT2D eigenvalue weighted by Gasteiger charge is -2.24. The van der Waals surface area contributed by atoms with E-state index in [-0.39, 0.29) is 41.7 Å².